The molecule has 2 N–H and O–H groups in total. The average Bonchev–Trinajstić information content (AvgIpc) is 3.71. The summed E-state index contributed by atoms with van der Waals surface area (Å²) >= 11 is 0. The Morgan fingerprint density at radius 1 is 0.961 bits per heavy atom. The van der Waals surface area contributed by atoms with Gasteiger partial charge in [0.25, 0.3) is 11.5 Å². The Labute approximate surface area is 294 Å². The number of anilines is 1. The lowest BCUT2D eigenvalue weighted by Gasteiger charge is -2.28. The number of rotatable bonds is 12. The molecule has 0 aliphatic carbocycles. The molecule has 0 radical (unpaired) electrons. The summed E-state index contributed by atoms with van der Waals surface area (Å²) in [7, 11) is 1.55. The molecule has 0 saturated heterocycles. The van der Waals surface area contributed by atoms with E-state index in [9.17, 15) is 19.8 Å². The van der Waals surface area contributed by atoms with Crippen LogP contribution in [0.3, 0.4) is 0 Å². The zero-order valence-electron chi connectivity index (χ0n) is 28.3. The number of allylic oxidation sites excluding steroid dienone is 1. The molecule has 258 valence electrons. The Kier molecular flexibility index (Phi) is 9.31. The minimum absolute atomic E-state index is 0.0802. The third-order valence-corrected chi connectivity index (χ3v) is 9.57. The molecular formula is C40H38N6O5. The van der Waals surface area contributed by atoms with Gasteiger partial charge in [0.15, 0.2) is 5.60 Å². The Balaban J connectivity index is 1.09. The smallest absolute Gasteiger partial charge is 0.279 e. The normalized spacial score (nSPS) is 16.9. The van der Waals surface area contributed by atoms with Gasteiger partial charge < -0.3 is 19.8 Å². The number of aryl methyl sites for hydroxylation is 1. The van der Waals surface area contributed by atoms with E-state index in [2.05, 4.69) is 15.4 Å². The lowest BCUT2D eigenvalue weighted by atomic mass is 9.83. The van der Waals surface area contributed by atoms with Crippen LogP contribution in [-0.2, 0) is 23.5 Å². The molecule has 1 aliphatic heterocycles. The largest absolute Gasteiger partial charge is 0.497 e. The number of hydrogen-bond donors (Lipinski definition) is 2. The fraction of sp³-hybridized carbons (Fsp3) is 0.225. The first-order chi connectivity index (χ1) is 24.8. The highest BCUT2D eigenvalue weighted by atomic mass is 16.5. The van der Waals surface area contributed by atoms with Gasteiger partial charge in [0.05, 0.1) is 54.8 Å². The van der Waals surface area contributed by atoms with Gasteiger partial charge >= 0.3 is 0 Å². The van der Waals surface area contributed by atoms with Gasteiger partial charge in [-0.25, -0.2) is 0 Å². The monoisotopic (exact) mass is 682 g/mol. The van der Waals surface area contributed by atoms with Crippen molar-refractivity contribution in [2.45, 2.75) is 38.0 Å². The van der Waals surface area contributed by atoms with Crippen LogP contribution in [-0.4, -0.2) is 54.6 Å². The molecule has 0 bridgehead atoms. The predicted octanol–water partition coefficient (Wildman–Crippen LogP) is 5.13. The number of aliphatic hydroxyl groups is 2. The molecule has 2 aromatic heterocycles. The second-order valence-corrected chi connectivity index (χ2v) is 12.7. The minimum Gasteiger partial charge on any atom is -0.497 e. The third-order valence-electron chi connectivity index (χ3n) is 9.57. The van der Waals surface area contributed by atoms with Gasteiger partial charge in [-0.15, -0.1) is 5.10 Å². The predicted molar refractivity (Wildman–Crippen MR) is 194 cm³/mol. The number of carbonyl (C=O) groups is 1. The summed E-state index contributed by atoms with van der Waals surface area (Å²) in [6.45, 7) is 2.43. The first-order valence-electron chi connectivity index (χ1n) is 16.8. The molecule has 0 fully saturated rings. The summed E-state index contributed by atoms with van der Waals surface area (Å²) in [5, 5.41) is 36.5. The number of fused-ring (bicyclic) bond motifs is 2. The van der Waals surface area contributed by atoms with Gasteiger partial charge in [0.2, 0.25) is 0 Å². The van der Waals surface area contributed by atoms with Crippen LogP contribution in [0.5, 0.6) is 5.75 Å². The number of hydrogen-bond acceptors (Lipinski definition) is 8. The highest BCUT2D eigenvalue weighted by Gasteiger charge is 2.52. The van der Waals surface area contributed by atoms with Gasteiger partial charge in [0, 0.05) is 29.6 Å². The molecule has 51 heavy (non-hydrogen) atoms. The number of carbonyl (C=O) groups excluding carboxylic acids is 1. The maximum absolute atomic E-state index is 14.2. The number of methoxy groups -OCH3 is 1. The number of ether oxygens (including phenoxy) is 1. The Hall–Kier alpha value is -5.91. The van der Waals surface area contributed by atoms with Crippen molar-refractivity contribution in [3.63, 3.8) is 0 Å². The molecular weight excluding hydrogens is 644 g/mol. The van der Waals surface area contributed by atoms with Crippen molar-refractivity contribution in [3.05, 3.63) is 154 Å². The number of amides is 1. The molecule has 6 aromatic rings. The van der Waals surface area contributed by atoms with E-state index in [1.165, 1.54) is 4.68 Å². The SMILES string of the molecule is COc1ccc2c(c1)[C@](O)([C@@H](C)/C=C/CCn1cc(C(CO)c3ccccc3)nn1)C(=O)N2Cc1cccc(-n2ncc3ccccc3c2=O)c1. The van der Waals surface area contributed by atoms with E-state index in [1.54, 1.807) is 53.2 Å². The highest BCUT2D eigenvalue weighted by Crippen LogP contribution is 2.47. The van der Waals surface area contributed by atoms with E-state index in [-0.39, 0.29) is 24.6 Å². The van der Waals surface area contributed by atoms with Crippen molar-refractivity contribution in [3.8, 4) is 11.4 Å². The van der Waals surface area contributed by atoms with Crippen molar-refractivity contribution < 1.29 is 19.7 Å². The van der Waals surface area contributed by atoms with Crippen LogP contribution in [0.2, 0.25) is 0 Å². The van der Waals surface area contributed by atoms with E-state index in [4.69, 9.17) is 4.74 Å². The standard InChI is InChI=1S/C40H38N6O5/c1-27(11-8-9-20-44-25-36(42-43-44)34(26-47)29-13-4-3-5-14-29)40(50)35-22-32(51-2)18-19-37(35)45(39(40)49)24-28-12-10-16-31(21-28)46-38(48)33-17-7-6-15-30(33)23-41-46/h3-8,10-19,21-23,25,27,34,47,50H,9,20,24,26H2,1-2H3/b11-8+/t27-,34?,40+/m0/s1. The van der Waals surface area contributed by atoms with E-state index in [0.717, 1.165) is 16.5 Å². The molecule has 0 saturated carbocycles. The van der Waals surface area contributed by atoms with Gasteiger partial charge in [-0.05, 0) is 53.9 Å². The van der Waals surface area contributed by atoms with Crippen molar-refractivity contribution in [1.29, 1.82) is 0 Å². The minimum atomic E-state index is -1.85. The lowest BCUT2D eigenvalue weighted by Crippen LogP contribution is -2.44. The van der Waals surface area contributed by atoms with Crippen molar-refractivity contribution in [2.75, 3.05) is 18.6 Å². The number of nitrogens with zero attached hydrogens (tertiary/aromatic N) is 6. The summed E-state index contributed by atoms with van der Waals surface area (Å²) in [6, 6.07) is 29.6. The molecule has 11 heteroatoms. The summed E-state index contributed by atoms with van der Waals surface area (Å²) in [4.78, 5) is 29.1. The summed E-state index contributed by atoms with van der Waals surface area (Å²) < 4.78 is 8.56. The van der Waals surface area contributed by atoms with Gasteiger partial charge in [0.1, 0.15) is 5.75 Å². The molecule has 11 nitrogen and oxygen atoms in total. The molecule has 3 heterocycles. The molecule has 1 unspecified atom stereocenters. The van der Waals surface area contributed by atoms with Crippen LogP contribution in [0.25, 0.3) is 16.5 Å². The van der Waals surface area contributed by atoms with Gasteiger partial charge in [-0.3, -0.25) is 14.3 Å². The number of benzene rings is 4. The summed E-state index contributed by atoms with van der Waals surface area (Å²) in [5.74, 6) is -0.777. The van der Waals surface area contributed by atoms with Crippen molar-refractivity contribution >= 4 is 22.4 Å². The summed E-state index contributed by atoms with van der Waals surface area (Å²) in [6.07, 6.45) is 7.85. The van der Waals surface area contributed by atoms with Crippen LogP contribution in [0, 0.1) is 5.92 Å². The van der Waals surface area contributed by atoms with E-state index in [1.807, 2.05) is 92.0 Å². The van der Waals surface area contributed by atoms with E-state index < -0.39 is 17.4 Å². The maximum atomic E-state index is 14.2. The van der Waals surface area contributed by atoms with Gasteiger partial charge in [-0.2, -0.15) is 9.78 Å². The molecule has 7 rings (SSSR count). The van der Waals surface area contributed by atoms with Crippen LogP contribution in [0.4, 0.5) is 5.69 Å². The first-order valence-corrected chi connectivity index (χ1v) is 16.8. The van der Waals surface area contributed by atoms with Gasteiger partial charge in [-0.1, -0.05) is 85.0 Å². The Morgan fingerprint density at radius 2 is 1.76 bits per heavy atom. The zero-order valence-corrected chi connectivity index (χ0v) is 28.3. The zero-order chi connectivity index (χ0) is 35.5. The molecule has 3 atom stereocenters. The third kappa shape index (κ3) is 6.33. The first kappa shape index (κ1) is 33.6. The topological polar surface area (TPSA) is 136 Å². The highest BCUT2D eigenvalue weighted by molar-refractivity contribution is 6.07. The summed E-state index contributed by atoms with van der Waals surface area (Å²) in [5.41, 5.74) is 1.95. The molecule has 0 spiro atoms. The van der Waals surface area contributed by atoms with Crippen LogP contribution < -0.4 is 15.2 Å². The van der Waals surface area contributed by atoms with Crippen LogP contribution in [0.1, 0.15) is 41.6 Å². The van der Waals surface area contributed by atoms with Crippen LogP contribution in [0.15, 0.2) is 126 Å². The maximum Gasteiger partial charge on any atom is 0.279 e. The second kappa shape index (κ2) is 14.1. The fourth-order valence-corrected chi connectivity index (χ4v) is 6.74. The van der Waals surface area contributed by atoms with E-state index in [0.29, 0.717) is 46.7 Å². The number of aliphatic hydroxyl groups excluding tert-OH is 1. The fourth-order valence-electron chi connectivity index (χ4n) is 6.74. The number of aromatic nitrogens is 5. The molecule has 1 aliphatic rings. The quantitative estimate of drug-likeness (QED) is 0.170. The van der Waals surface area contributed by atoms with Crippen molar-refractivity contribution in [1.82, 2.24) is 24.8 Å². The molecule has 4 aromatic carbocycles. The average molecular weight is 683 g/mol. The second-order valence-electron chi connectivity index (χ2n) is 12.7. The Morgan fingerprint density at radius 3 is 2.57 bits per heavy atom. The van der Waals surface area contributed by atoms with Crippen molar-refractivity contribution in [2.24, 2.45) is 5.92 Å². The van der Waals surface area contributed by atoms with E-state index >= 15 is 0 Å². The van der Waals surface area contributed by atoms with Crippen LogP contribution >= 0.6 is 0 Å². The Bertz CT molecular complexity index is 2280. The lowest BCUT2D eigenvalue weighted by molar-refractivity contribution is -0.139. The molecule has 1 amide bonds.